The third-order valence-electron chi connectivity index (χ3n) is 6.37. The molecule has 1 aliphatic heterocycles. The number of phenols is 1. The van der Waals surface area contributed by atoms with E-state index in [9.17, 15) is 28.2 Å². The lowest BCUT2D eigenvalue weighted by atomic mass is 9.90. The minimum Gasteiger partial charge on any atom is -0.508 e. The summed E-state index contributed by atoms with van der Waals surface area (Å²) >= 11 is 5.47. The molecule has 3 aromatic carbocycles. The van der Waals surface area contributed by atoms with Gasteiger partial charge in [-0.2, -0.15) is 0 Å². The molecule has 11 heteroatoms. The quantitative estimate of drug-likeness (QED) is 0.155. The predicted octanol–water partition coefficient (Wildman–Crippen LogP) is 4.99. The Balaban J connectivity index is 1.46. The smallest absolute Gasteiger partial charge is 0.336 e. The van der Waals surface area contributed by atoms with Gasteiger partial charge in [0.1, 0.15) is 17.1 Å². The summed E-state index contributed by atoms with van der Waals surface area (Å²) in [6.07, 6.45) is 0.964. The number of sulfonamides is 1. The number of anilines is 1. The Morgan fingerprint density at radius 1 is 0.950 bits per heavy atom. The van der Waals surface area contributed by atoms with E-state index in [2.05, 4.69) is 5.32 Å². The largest absolute Gasteiger partial charge is 0.508 e. The summed E-state index contributed by atoms with van der Waals surface area (Å²) in [4.78, 5) is 24.9. The lowest BCUT2D eigenvalue weighted by molar-refractivity contribution is 0.0697. The van der Waals surface area contributed by atoms with Crippen LogP contribution in [0.3, 0.4) is 0 Å². The fraction of sp³-hybridized carbons (Fsp3) is 0.0690. The first-order chi connectivity index (χ1) is 19.0. The highest BCUT2D eigenvalue weighted by Crippen LogP contribution is 2.42. The lowest BCUT2D eigenvalue weighted by Gasteiger charge is -2.18. The third kappa shape index (κ3) is 5.57. The molecule has 2 aliphatic rings. The first kappa shape index (κ1) is 27.0. The molecule has 3 aromatic rings. The summed E-state index contributed by atoms with van der Waals surface area (Å²) in [5.74, 6) is -0.940. The van der Waals surface area contributed by atoms with Gasteiger partial charge in [-0.05, 0) is 66.1 Å². The van der Waals surface area contributed by atoms with Crippen LogP contribution >= 0.6 is 12.2 Å². The second-order valence-corrected chi connectivity index (χ2v) is 11.2. The Morgan fingerprint density at radius 2 is 1.68 bits per heavy atom. The Morgan fingerprint density at radius 3 is 2.38 bits per heavy atom. The number of rotatable bonds is 7. The first-order valence-electron chi connectivity index (χ1n) is 12.0. The van der Waals surface area contributed by atoms with Crippen molar-refractivity contribution in [2.75, 3.05) is 5.32 Å². The Labute approximate surface area is 233 Å². The zero-order valence-corrected chi connectivity index (χ0v) is 22.4. The molecule has 0 saturated carbocycles. The molecule has 0 unspecified atom stereocenters. The number of hydrogen-bond donors (Lipinski definition) is 4. The van der Waals surface area contributed by atoms with Crippen molar-refractivity contribution in [3.63, 3.8) is 0 Å². The maximum Gasteiger partial charge on any atom is 0.336 e. The van der Waals surface area contributed by atoms with Gasteiger partial charge in [0.2, 0.25) is 10.0 Å². The fourth-order valence-corrected chi connectivity index (χ4v) is 5.23. The van der Waals surface area contributed by atoms with Gasteiger partial charge in [-0.1, -0.05) is 30.4 Å². The van der Waals surface area contributed by atoms with Crippen molar-refractivity contribution in [3.05, 3.63) is 100 Å². The molecule has 40 heavy (non-hydrogen) atoms. The van der Waals surface area contributed by atoms with E-state index in [-0.39, 0.29) is 27.4 Å². The minimum absolute atomic E-state index is 0.000502. The normalized spacial score (nSPS) is 11.5. The molecule has 0 radical (unpaired) electrons. The molecule has 0 aromatic heterocycles. The number of benzene rings is 4. The van der Waals surface area contributed by atoms with Gasteiger partial charge in [0.15, 0.2) is 5.43 Å². The Kier molecular flexibility index (Phi) is 7.11. The summed E-state index contributed by atoms with van der Waals surface area (Å²) in [5.41, 5.74) is 2.85. The van der Waals surface area contributed by atoms with Crippen LogP contribution in [0, 0.1) is 0 Å². The maximum atomic E-state index is 12.4. The molecule has 1 heterocycles. The van der Waals surface area contributed by atoms with Crippen molar-refractivity contribution in [2.24, 2.45) is 5.14 Å². The Bertz CT molecular complexity index is 1930. The van der Waals surface area contributed by atoms with Crippen LogP contribution < -0.4 is 15.9 Å². The fourth-order valence-electron chi connectivity index (χ4n) is 4.49. The van der Waals surface area contributed by atoms with Gasteiger partial charge in [-0.15, -0.1) is 0 Å². The highest BCUT2D eigenvalue weighted by Gasteiger charge is 2.22. The molecular formula is C29H22N2O7S2. The topological polar surface area (TPSA) is 160 Å². The van der Waals surface area contributed by atoms with Gasteiger partial charge < -0.3 is 19.9 Å². The van der Waals surface area contributed by atoms with Crippen molar-refractivity contribution >= 4 is 49.9 Å². The summed E-state index contributed by atoms with van der Waals surface area (Å²) < 4.78 is 28.7. The van der Waals surface area contributed by atoms with Crippen molar-refractivity contribution in [1.29, 1.82) is 0 Å². The van der Waals surface area contributed by atoms with Gasteiger partial charge >= 0.3 is 5.97 Å². The zero-order valence-electron chi connectivity index (χ0n) is 20.7. The van der Waals surface area contributed by atoms with E-state index in [4.69, 9.17) is 21.8 Å². The lowest BCUT2D eigenvalue weighted by Crippen LogP contribution is -2.12. The van der Waals surface area contributed by atoms with Crippen molar-refractivity contribution < 1.29 is 27.8 Å². The highest BCUT2D eigenvalue weighted by molar-refractivity contribution is 7.89. The second kappa shape index (κ2) is 10.5. The number of fused-ring (bicyclic) bond motifs is 2. The van der Waals surface area contributed by atoms with E-state index in [0.29, 0.717) is 51.2 Å². The summed E-state index contributed by atoms with van der Waals surface area (Å²) in [6, 6.07) is 19.9. The first-order valence-corrected chi connectivity index (χ1v) is 13.9. The number of carboxylic acid groups (broad SMARTS) is 1. The predicted molar refractivity (Wildman–Crippen MR) is 156 cm³/mol. The number of nitrogens with one attached hydrogen (secondary N) is 1. The summed E-state index contributed by atoms with van der Waals surface area (Å²) in [5, 5.41) is 28.9. The van der Waals surface area contributed by atoms with Gasteiger partial charge in [0.25, 0.3) is 0 Å². The zero-order chi connectivity index (χ0) is 28.6. The molecule has 202 valence electrons. The average Bonchev–Trinajstić information content (AvgIpc) is 2.90. The van der Waals surface area contributed by atoms with Crippen LogP contribution in [0.5, 0.6) is 5.75 Å². The van der Waals surface area contributed by atoms with E-state index in [1.807, 2.05) is 0 Å². The minimum atomic E-state index is -3.77. The van der Waals surface area contributed by atoms with Crippen molar-refractivity contribution in [1.82, 2.24) is 0 Å². The SMILES string of the molecule is NS(=O)(=O)c1ccc(CCC(=S)Nc2ccc(-c3c4ccc(=O)cc-4oc4cc(O)ccc34)c(C(=O)O)c2)cc1. The van der Waals surface area contributed by atoms with Crippen LogP contribution in [0.4, 0.5) is 5.69 Å². The van der Waals surface area contributed by atoms with Gasteiger partial charge in [0, 0.05) is 40.8 Å². The number of hydrogen-bond acceptors (Lipinski definition) is 7. The molecule has 0 spiro atoms. The molecule has 9 nitrogen and oxygen atoms in total. The van der Waals surface area contributed by atoms with E-state index in [0.717, 1.165) is 5.56 Å². The van der Waals surface area contributed by atoms with Gasteiger partial charge in [-0.3, -0.25) is 4.79 Å². The Hall–Kier alpha value is -4.58. The van der Waals surface area contributed by atoms with Gasteiger partial charge in [0.05, 0.1) is 15.4 Å². The number of nitrogens with two attached hydrogens (primary N) is 1. The maximum absolute atomic E-state index is 12.4. The van der Waals surface area contributed by atoms with Crippen LogP contribution in [0.2, 0.25) is 0 Å². The number of primary sulfonamides is 1. The van der Waals surface area contributed by atoms with E-state index in [1.54, 1.807) is 36.4 Å². The molecule has 5 rings (SSSR count). The molecule has 5 N–H and O–H groups in total. The van der Waals surface area contributed by atoms with Crippen LogP contribution in [0.15, 0.2) is 93.0 Å². The highest BCUT2D eigenvalue weighted by atomic mass is 32.2. The van der Waals surface area contributed by atoms with E-state index >= 15 is 0 Å². The third-order valence-corrected chi connectivity index (χ3v) is 7.61. The summed E-state index contributed by atoms with van der Waals surface area (Å²) in [7, 11) is -3.77. The number of carbonyl (C=O) groups is 1. The van der Waals surface area contributed by atoms with E-state index < -0.39 is 16.0 Å². The molecule has 0 bridgehead atoms. The standard InChI is InChI=1S/C29H22N2O7S2/c30-40(36,37)20-7-1-16(2-8-20)3-12-27(39)31-17-4-9-21(24(13-17)29(34)35)28-22-10-5-18(32)14-25(22)38-26-15-19(33)6-11-23(26)28/h1-2,4-11,13-15,32H,3,12H2,(H,31,39)(H,34,35)(H2,30,36,37). The van der Waals surface area contributed by atoms with Crippen molar-refractivity contribution in [2.45, 2.75) is 17.7 Å². The molecule has 1 aliphatic carbocycles. The molecular weight excluding hydrogens is 552 g/mol. The van der Waals surface area contributed by atoms with Gasteiger partial charge in [-0.25, -0.2) is 18.4 Å². The summed E-state index contributed by atoms with van der Waals surface area (Å²) in [6.45, 7) is 0. The van der Waals surface area contributed by atoms with Crippen LogP contribution in [0.25, 0.3) is 33.4 Å². The van der Waals surface area contributed by atoms with Crippen LogP contribution in [-0.4, -0.2) is 29.6 Å². The monoisotopic (exact) mass is 574 g/mol. The average molecular weight is 575 g/mol. The number of aryl methyl sites for hydroxylation is 1. The van der Waals surface area contributed by atoms with E-state index in [1.165, 1.54) is 42.5 Å². The molecule has 0 atom stereocenters. The van der Waals surface area contributed by atoms with Crippen LogP contribution in [-0.2, 0) is 16.4 Å². The van der Waals surface area contributed by atoms with Crippen LogP contribution in [0.1, 0.15) is 22.3 Å². The number of thiocarbonyl (C=S) groups is 1. The molecule has 0 saturated heterocycles. The van der Waals surface area contributed by atoms with Crippen molar-refractivity contribution in [3.8, 4) is 28.2 Å². The number of aromatic carboxylic acids is 1. The number of aromatic hydroxyl groups is 1. The second-order valence-electron chi connectivity index (χ2n) is 9.12. The number of carboxylic acids is 1. The molecule has 0 fully saturated rings. The molecule has 0 amide bonds. The number of phenolic OH excluding ortho intramolecular Hbond substituents is 1.